The summed E-state index contributed by atoms with van der Waals surface area (Å²) in [6.07, 6.45) is 8.20. The molecule has 0 aliphatic heterocycles. The maximum atomic E-state index is 2.45. The topological polar surface area (TPSA) is 0 Å². The summed E-state index contributed by atoms with van der Waals surface area (Å²) in [5, 5.41) is 0. The minimum absolute atomic E-state index is 0.498. The van der Waals surface area contributed by atoms with Gasteiger partial charge in [-0.3, -0.25) is 0 Å². The van der Waals surface area contributed by atoms with Crippen molar-refractivity contribution in [2.75, 3.05) is 0 Å². The molecule has 4 aromatic carbocycles. The van der Waals surface area contributed by atoms with E-state index in [0.29, 0.717) is 3.67 Å². The molecule has 0 bridgehead atoms. The number of fused-ring (bicyclic) bond motifs is 3. The van der Waals surface area contributed by atoms with Gasteiger partial charge in [-0.05, 0) is 0 Å². The first-order valence-electron chi connectivity index (χ1n) is 12.1. The molecular weight excluding hydrogens is 575 g/mol. The zero-order valence-electron chi connectivity index (χ0n) is 19.8. The Morgan fingerprint density at radius 1 is 0.676 bits per heavy atom. The van der Waals surface area contributed by atoms with Crippen LogP contribution in [0.2, 0.25) is 0 Å². The Balaban J connectivity index is 1.72. The molecule has 4 aromatic rings. The van der Waals surface area contributed by atoms with Gasteiger partial charge in [0, 0.05) is 0 Å². The molecule has 0 saturated carbocycles. The fourth-order valence-electron chi connectivity index (χ4n) is 5.61. The van der Waals surface area contributed by atoms with Gasteiger partial charge in [-0.25, -0.2) is 0 Å². The third kappa shape index (κ3) is 3.77. The monoisotopic (exact) mass is 604 g/mol. The fourth-order valence-corrected chi connectivity index (χ4v) is 18.8. The Morgan fingerprint density at radius 2 is 1.21 bits per heavy atom. The second kappa shape index (κ2) is 9.04. The van der Waals surface area contributed by atoms with Crippen LogP contribution in [0.1, 0.15) is 43.5 Å². The predicted molar refractivity (Wildman–Crippen MR) is 141 cm³/mol. The quantitative estimate of drug-likeness (QED) is 0.207. The molecule has 164 valence electrons. The Labute approximate surface area is 210 Å². The van der Waals surface area contributed by atoms with E-state index in [1.165, 1.54) is 33.4 Å². The van der Waals surface area contributed by atoms with Gasteiger partial charge < -0.3 is 0 Å². The molecule has 1 heteroatoms. The number of allylic oxidation sites excluding steroid dienone is 4. The molecule has 0 fully saturated rings. The second-order valence-electron chi connectivity index (χ2n) is 9.46. The Kier molecular flexibility index (Phi) is 5.75. The van der Waals surface area contributed by atoms with Crippen LogP contribution in [0.5, 0.6) is 0 Å². The van der Waals surface area contributed by atoms with E-state index >= 15 is 0 Å². The van der Waals surface area contributed by atoms with E-state index in [0.717, 1.165) is 6.42 Å². The van der Waals surface area contributed by atoms with Crippen molar-refractivity contribution in [3.8, 4) is 11.1 Å². The molecule has 0 atom stereocenters. The van der Waals surface area contributed by atoms with Crippen LogP contribution in [-0.2, 0) is 21.0 Å². The third-order valence-electron chi connectivity index (χ3n) is 7.13. The first-order chi connectivity index (χ1) is 16.7. The summed E-state index contributed by atoms with van der Waals surface area (Å²) < 4.78 is 3.83. The van der Waals surface area contributed by atoms with Gasteiger partial charge in [-0.2, -0.15) is 0 Å². The van der Waals surface area contributed by atoms with Crippen LogP contribution in [0.3, 0.4) is 0 Å². The molecule has 0 unspecified atom stereocenters. The predicted octanol–water partition coefficient (Wildman–Crippen LogP) is 8.10. The zero-order valence-corrected chi connectivity index (χ0v) is 23.3. The van der Waals surface area contributed by atoms with E-state index in [9.17, 15) is 0 Å². The first kappa shape index (κ1) is 21.6. The van der Waals surface area contributed by atoms with Crippen molar-refractivity contribution in [1.82, 2.24) is 0 Å². The van der Waals surface area contributed by atoms with Gasteiger partial charge in [0.25, 0.3) is 0 Å². The molecule has 0 spiro atoms. The molecule has 0 aromatic heterocycles. The molecule has 0 heterocycles. The zero-order chi connectivity index (χ0) is 23.1. The van der Waals surface area contributed by atoms with Crippen LogP contribution in [0.15, 0.2) is 119 Å². The average molecular weight is 603 g/mol. The Morgan fingerprint density at radius 3 is 1.68 bits per heavy atom. The van der Waals surface area contributed by atoms with Crippen molar-refractivity contribution in [2.45, 2.75) is 23.9 Å². The number of aryl methyl sites for hydroxylation is 2. The molecule has 0 radical (unpaired) electrons. The molecule has 34 heavy (non-hydrogen) atoms. The molecule has 0 saturated heterocycles. The van der Waals surface area contributed by atoms with Gasteiger partial charge in [0.2, 0.25) is 0 Å². The van der Waals surface area contributed by atoms with Gasteiger partial charge in [-0.1, -0.05) is 0 Å². The minimum atomic E-state index is -2.74. The summed E-state index contributed by atoms with van der Waals surface area (Å²) >= 11 is -2.74. The van der Waals surface area contributed by atoms with E-state index < -0.39 is 21.0 Å². The summed E-state index contributed by atoms with van der Waals surface area (Å²) in [7, 11) is 0. The summed E-state index contributed by atoms with van der Waals surface area (Å²) in [5.74, 6) is 0. The fraction of sp³-hybridized carbons (Fsp3) is 0.121. The molecular formula is C33H28Hf. The van der Waals surface area contributed by atoms with Crippen molar-refractivity contribution in [1.29, 1.82) is 0 Å². The number of hydrogen-bond donors (Lipinski definition) is 0. The van der Waals surface area contributed by atoms with Crippen molar-refractivity contribution in [2.24, 2.45) is 0 Å². The van der Waals surface area contributed by atoms with Gasteiger partial charge in [-0.15, -0.1) is 0 Å². The summed E-state index contributed by atoms with van der Waals surface area (Å²) in [6, 6.07) is 36.8. The standard InChI is InChI=1S/C15H13.C13H10.C5H5.Hf/c1-10-3-5-12-9-13-6-4-11(2)8-15(13)14(12)7-10;1-3-7-12(8-4-1)11-13-9-5-2-6-10-13;1-2-4-5-3-1;/h3-9H,1-2H3;1-10H;1-3H,4H2;. The van der Waals surface area contributed by atoms with Crippen LogP contribution in [-0.4, -0.2) is 3.26 Å². The van der Waals surface area contributed by atoms with Gasteiger partial charge in [0.1, 0.15) is 0 Å². The van der Waals surface area contributed by atoms with E-state index in [1.54, 1.807) is 17.7 Å². The van der Waals surface area contributed by atoms with Crippen molar-refractivity contribution in [3.05, 3.63) is 152 Å². The van der Waals surface area contributed by atoms with Gasteiger partial charge in [0.05, 0.1) is 0 Å². The molecule has 6 rings (SSSR count). The molecule has 0 N–H and O–H groups in total. The Bertz CT molecular complexity index is 1380. The van der Waals surface area contributed by atoms with Crippen LogP contribution < -0.4 is 0 Å². The number of rotatable bonds is 4. The molecule has 2 aliphatic rings. The van der Waals surface area contributed by atoms with Gasteiger partial charge in [0.15, 0.2) is 0 Å². The number of benzene rings is 4. The number of hydrogen-bond acceptors (Lipinski definition) is 0. The molecule has 2 aliphatic carbocycles. The van der Waals surface area contributed by atoms with Crippen molar-refractivity contribution < 1.29 is 21.0 Å². The van der Waals surface area contributed by atoms with Crippen LogP contribution >= 0.6 is 0 Å². The van der Waals surface area contributed by atoms with Crippen molar-refractivity contribution in [3.63, 3.8) is 0 Å². The first-order valence-corrected chi connectivity index (χ1v) is 17.8. The summed E-state index contributed by atoms with van der Waals surface area (Å²) in [5.41, 5.74) is 11.5. The summed E-state index contributed by atoms with van der Waals surface area (Å²) in [4.78, 5) is 0. The second-order valence-corrected chi connectivity index (χ2v) is 18.6. The van der Waals surface area contributed by atoms with Crippen LogP contribution in [0, 0.1) is 13.8 Å². The average Bonchev–Trinajstić information content (AvgIpc) is 3.50. The maximum absolute atomic E-state index is 2.74. The molecule has 0 nitrogen and oxygen atoms in total. The van der Waals surface area contributed by atoms with Gasteiger partial charge >= 0.3 is 211 Å². The van der Waals surface area contributed by atoms with E-state index in [2.05, 4.69) is 129 Å². The summed E-state index contributed by atoms with van der Waals surface area (Å²) in [6.45, 7) is 4.44. The Hall–Kier alpha value is -2.90. The van der Waals surface area contributed by atoms with E-state index in [4.69, 9.17) is 0 Å². The van der Waals surface area contributed by atoms with E-state index in [-0.39, 0.29) is 0 Å². The SMILES string of the molecule is Cc1ccc2c(c1)-c1cc(C)ccc1[CH]2[Hf]([C]1=CC=CC1)=[C](c1ccccc1)c1ccccc1. The normalized spacial score (nSPS) is 14.0. The van der Waals surface area contributed by atoms with Crippen molar-refractivity contribution >= 4 is 3.26 Å². The van der Waals surface area contributed by atoms with E-state index in [1.807, 2.05) is 0 Å². The van der Waals surface area contributed by atoms with Crippen LogP contribution in [0.4, 0.5) is 0 Å². The third-order valence-corrected chi connectivity index (χ3v) is 19.3. The molecule has 0 amide bonds. The van der Waals surface area contributed by atoms with Crippen LogP contribution in [0.25, 0.3) is 11.1 Å².